The van der Waals surface area contributed by atoms with Crippen LogP contribution in [-0.4, -0.2) is 26.5 Å². The van der Waals surface area contributed by atoms with E-state index in [1.54, 1.807) is 0 Å². The normalized spacial score (nSPS) is 13.3. The molecule has 0 spiro atoms. The Balaban J connectivity index is 2.69. The van der Waals surface area contributed by atoms with Gasteiger partial charge in [-0.15, -0.1) is 0 Å². The molecule has 4 nitrogen and oxygen atoms in total. The van der Waals surface area contributed by atoms with Crippen molar-refractivity contribution in [3.05, 3.63) is 29.8 Å². The van der Waals surface area contributed by atoms with Crippen LogP contribution >= 0.6 is 0 Å². The molecule has 0 saturated heterocycles. The van der Waals surface area contributed by atoms with Crippen LogP contribution in [0.5, 0.6) is 5.75 Å². The van der Waals surface area contributed by atoms with Crippen LogP contribution in [0.15, 0.2) is 24.3 Å². The molecular formula is C13H21NO3S. The molecule has 0 aromatic heterocycles. The third-order valence-electron chi connectivity index (χ3n) is 2.57. The third kappa shape index (κ3) is 4.66. The van der Waals surface area contributed by atoms with E-state index in [-0.39, 0.29) is 11.5 Å². The summed E-state index contributed by atoms with van der Waals surface area (Å²) in [6, 6.07) is 6.78. The number of benzene rings is 1. The maximum absolute atomic E-state index is 11.7. The standard InChI is InChI=1S/C13H21NO3S/c1-3-9-18(15,16)10-13(14)11-5-7-12(8-6-11)17-4-2/h5-8,13H,3-4,9-10,14H2,1-2H3. The van der Waals surface area contributed by atoms with Crippen molar-refractivity contribution in [2.75, 3.05) is 18.1 Å². The number of hydrogen-bond donors (Lipinski definition) is 1. The Hall–Kier alpha value is -1.07. The Labute approximate surface area is 109 Å². The molecule has 0 amide bonds. The van der Waals surface area contributed by atoms with E-state index in [1.165, 1.54) is 0 Å². The van der Waals surface area contributed by atoms with Crippen molar-refractivity contribution < 1.29 is 13.2 Å². The van der Waals surface area contributed by atoms with Gasteiger partial charge in [-0.3, -0.25) is 0 Å². The van der Waals surface area contributed by atoms with Crippen LogP contribution in [0, 0.1) is 0 Å². The zero-order valence-electron chi connectivity index (χ0n) is 10.9. The van der Waals surface area contributed by atoms with Gasteiger partial charge in [-0.05, 0) is 31.0 Å². The first-order chi connectivity index (χ1) is 8.48. The van der Waals surface area contributed by atoms with Gasteiger partial charge in [0.15, 0.2) is 9.84 Å². The van der Waals surface area contributed by atoms with E-state index in [0.29, 0.717) is 13.0 Å². The predicted octanol–water partition coefficient (Wildman–Crippen LogP) is 1.91. The van der Waals surface area contributed by atoms with Crippen molar-refractivity contribution in [1.29, 1.82) is 0 Å². The van der Waals surface area contributed by atoms with Crippen molar-refractivity contribution in [3.63, 3.8) is 0 Å². The summed E-state index contributed by atoms with van der Waals surface area (Å²) in [5.41, 5.74) is 6.73. The SMILES string of the molecule is CCCS(=O)(=O)CC(N)c1ccc(OCC)cc1. The first kappa shape index (κ1) is 15.0. The molecule has 0 aliphatic carbocycles. The van der Waals surface area contributed by atoms with Gasteiger partial charge in [-0.1, -0.05) is 19.1 Å². The molecule has 0 heterocycles. The highest BCUT2D eigenvalue weighted by atomic mass is 32.2. The summed E-state index contributed by atoms with van der Waals surface area (Å²) >= 11 is 0. The summed E-state index contributed by atoms with van der Waals surface area (Å²) in [5, 5.41) is 0. The summed E-state index contributed by atoms with van der Waals surface area (Å²) in [6.45, 7) is 4.37. The van der Waals surface area contributed by atoms with Gasteiger partial charge >= 0.3 is 0 Å². The molecule has 1 atom stereocenters. The highest BCUT2D eigenvalue weighted by Gasteiger charge is 2.16. The molecule has 1 aromatic carbocycles. The molecule has 0 aliphatic rings. The van der Waals surface area contributed by atoms with E-state index in [4.69, 9.17) is 10.5 Å². The fourth-order valence-corrected chi connectivity index (χ4v) is 3.27. The molecule has 2 N–H and O–H groups in total. The molecule has 0 saturated carbocycles. The molecule has 1 rings (SSSR count). The first-order valence-electron chi connectivity index (χ1n) is 6.17. The van der Waals surface area contributed by atoms with Crippen molar-refractivity contribution in [2.45, 2.75) is 26.3 Å². The van der Waals surface area contributed by atoms with E-state index in [1.807, 2.05) is 38.1 Å². The lowest BCUT2D eigenvalue weighted by Crippen LogP contribution is -2.23. The zero-order chi connectivity index (χ0) is 13.6. The van der Waals surface area contributed by atoms with Gasteiger partial charge < -0.3 is 10.5 Å². The molecule has 0 aliphatic heterocycles. The second-order valence-electron chi connectivity index (χ2n) is 4.22. The number of ether oxygens (including phenoxy) is 1. The van der Waals surface area contributed by atoms with Crippen LogP contribution in [0.25, 0.3) is 0 Å². The second-order valence-corrected chi connectivity index (χ2v) is 6.45. The zero-order valence-corrected chi connectivity index (χ0v) is 11.7. The summed E-state index contributed by atoms with van der Waals surface area (Å²) in [7, 11) is -3.06. The average Bonchev–Trinajstić information content (AvgIpc) is 2.29. The van der Waals surface area contributed by atoms with Crippen LogP contribution in [0.3, 0.4) is 0 Å². The van der Waals surface area contributed by atoms with Gasteiger partial charge in [0.2, 0.25) is 0 Å². The monoisotopic (exact) mass is 271 g/mol. The van der Waals surface area contributed by atoms with Gasteiger partial charge in [-0.2, -0.15) is 0 Å². The largest absolute Gasteiger partial charge is 0.494 e. The Bertz CT molecular complexity index is 454. The molecule has 0 radical (unpaired) electrons. The van der Waals surface area contributed by atoms with Crippen LogP contribution in [0.4, 0.5) is 0 Å². The summed E-state index contributed by atoms with van der Waals surface area (Å²) in [6.07, 6.45) is 0.623. The van der Waals surface area contributed by atoms with Gasteiger partial charge in [0, 0.05) is 11.8 Å². The lowest BCUT2D eigenvalue weighted by Gasteiger charge is -2.13. The van der Waals surface area contributed by atoms with Gasteiger partial charge in [0.05, 0.1) is 12.4 Å². The molecular weight excluding hydrogens is 250 g/mol. The minimum absolute atomic E-state index is 0.00514. The highest BCUT2D eigenvalue weighted by Crippen LogP contribution is 2.18. The number of rotatable bonds is 7. The molecule has 0 fully saturated rings. The fraction of sp³-hybridized carbons (Fsp3) is 0.538. The van der Waals surface area contributed by atoms with Crippen LogP contribution in [0.2, 0.25) is 0 Å². The van der Waals surface area contributed by atoms with Gasteiger partial charge in [0.1, 0.15) is 5.75 Å². The second kappa shape index (κ2) is 6.75. The van der Waals surface area contributed by atoms with Crippen molar-refractivity contribution >= 4 is 9.84 Å². The van der Waals surface area contributed by atoms with Crippen LogP contribution in [-0.2, 0) is 9.84 Å². The molecule has 102 valence electrons. The predicted molar refractivity (Wildman–Crippen MR) is 73.5 cm³/mol. The third-order valence-corrected chi connectivity index (χ3v) is 4.47. The molecule has 1 unspecified atom stereocenters. The van der Waals surface area contributed by atoms with E-state index in [0.717, 1.165) is 11.3 Å². The molecule has 5 heteroatoms. The Kier molecular flexibility index (Phi) is 5.62. The minimum atomic E-state index is -3.06. The summed E-state index contributed by atoms with van der Waals surface area (Å²) in [5.74, 6) is 0.955. The van der Waals surface area contributed by atoms with Crippen molar-refractivity contribution in [2.24, 2.45) is 5.73 Å². The van der Waals surface area contributed by atoms with Crippen molar-refractivity contribution in [1.82, 2.24) is 0 Å². The Morgan fingerprint density at radius 3 is 2.33 bits per heavy atom. The maximum atomic E-state index is 11.7. The topological polar surface area (TPSA) is 69.4 Å². The quantitative estimate of drug-likeness (QED) is 0.822. The average molecular weight is 271 g/mol. The fourth-order valence-electron chi connectivity index (χ4n) is 1.74. The van der Waals surface area contributed by atoms with Gasteiger partial charge in [0.25, 0.3) is 0 Å². The Morgan fingerprint density at radius 2 is 1.83 bits per heavy atom. The highest BCUT2D eigenvalue weighted by molar-refractivity contribution is 7.91. The molecule has 0 bridgehead atoms. The first-order valence-corrected chi connectivity index (χ1v) is 7.99. The minimum Gasteiger partial charge on any atom is -0.494 e. The number of sulfone groups is 1. The summed E-state index contributed by atoms with van der Waals surface area (Å²) in [4.78, 5) is 0. The smallest absolute Gasteiger partial charge is 0.152 e. The van der Waals surface area contributed by atoms with E-state index in [9.17, 15) is 8.42 Å². The lowest BCUT2D eigenvalue weighted by atomic mass is 10.1. The number of nitrogens with two attached hydrogens (primary N) is 1. The summed E-state index contributed by atoms with van der Waals surface area (Å²) < 4.78 is 28.7. The van der Waals surface area contributed by atoms with E-state index < -0.39 is 15.9 Å². The van der Waals surface area contributed by atoms with Gasteiger partial charge in [-0.25, -0.2) is 8.42 Å². The molecule has 1 aromatic rings. The van der Waals surface area contributed by atoms with E-state index in [2.05, 4.69) is 0 Å². The van der Waals surface area contributed by atoms with Crippen molar-refractivity contribution in [3.8, 4) is 5.75 Å². The maximum Gasteiger partial charge on any atom is 0.152 e. The number of hydrogen-bond acceptors (Lipinski definition) is 4. The van der Waals surface area contributed by atoms with Crippen LogP contribution < -0.4 is 10.5 Å². The van der Waals surface area contributed by atoms with Crippen LogP contribution in [0.1, 0.15) is 31.9 Å². The lowest BCUT2D eigenvalue weighted by molar-refractivity contribution is 0.340. The Morgan fingerprint density at radius 1 is 1.22 bits per heavy atom. The molecule has 18 heavy (non-hydrogen) atoms. The van der Waals surface area contributed by atoms with E-state index >= 15 is 0 Å².